The van der Waals surface area contributed by atoms with Gasteiger partial charge in [0.1, 0.15) is 6.04 Å². The Balaban J connectivity index is 1.35. The first-order chi connectivity index (χ1) is 13.9. The summed E-state index contributed by atoms with van der Waals surface area (Å²) in [4.78, 5) is 51.0. The largest absolute Gasteiger partial charge is 0.454 e. The molecule has 5 rings (SSSR count). The maximum Gasteiger partial charge on any atom is 0.329 e. The fourth-order valence-electron chi connectivity index (χ4n) is 6.53. The summed E-state index contributed by atoms with van der Waals surface area (Å²) >= 11 is 0. The molecule has 0 radical (unpaired) electrons. The third kappa shape index (κ3) is 3.98. The molecule has 0 aromatic rings. The fraction of sp³-hybridized carbons (Fsp3) is 0.810. The van der Waals surface area contributed by atoms with Gasteiger partial charge in [-0.3, -0.25) is 14.9 Å². The van der Waals surface area contributed by atoms with E-state index in [1.54, 1.807) is 11.8 Å². The van der Waals surface area contributed by atoms with Crippen LogP contribution >= 0.6 is 0 Å². The highest BCUT2D eigenvalue weighted by Gasteiger charge is 2.57. The average Bonchev–Trinajstić information content (AvgIpc) is 3.14. The van der Waals surface area contributed by atoms with Crippen LogP contribution in [0.5, 0.6) is 0 Å². The van der Waals surface area contributed by atoms with Gasteiger partial charge in [0.2, 0.25) is 5.91 Å². The van der Waals surface area contributed by atoms with Crippen molar-refractivity contribution in [3.8, 4) is 0 Å². The van der Waals surface area contributed by atoms with Crippen molar-refractivity contribution in [3.05, 3.63) is 0 Å². The highest BCUT2D eigenvalue weighted by atomic mass is 16.5. The lowest BCUT2D eigenvalue weighted by molar-refractivity contribution is -0.166. The van der Waals surface area contributed by atoms with Crippen molar-refractivity contribution in [2.75, 3.05) is 19.7 Å². The van der Waals surface area contributed by atoms with E-state index in [0.717, 1.165) is 25.7 Å². The maximum absolute atomic E-state index is 13.6. The minimum atomic E-state index is -0.679. The van der Waals surface area contributed by atoms with Crippen LogP contribution in [0.1, 0.15) is 58.3 Å². The molecule has 0 aromatic heterocycles. The number of carbonyl (C=O) groups excluding carboxylic acids is 4. The Labute approximate surface area is 171 Å². The van der Waals surface area contributed by atoms with Crippen LogP contribution in [0.2, 0.25) is 0 Å². The van der Waals surface area contributed by atoms with E-state index in [2.05, 4.69) is 10.6 Å². The number of hydrogen-bond donors (Lipinski definition) is 2. The Bertz CT molecular complexity index is 671. The molecule has 4 bridgehead atoms. The normalized spacial score (nSPS) is 34.7. The molecule has 0 aromatic carbocycles. The van der Waals surface area contributed by atoms with Gasteiger partial charge in [-0.1, -0.05) is 0 Å². The lowest BCUT2D eigenvalue weighted by Gasteiger charge is -2.56. The number of amides is 4. The first-order valence-corrected chi connectivity index (χ1v) is 11.0. The number of ether oxygens (including phenoxy) is 1. The Morgan fingerprint density at radius 1 is 1.03 bits per heavy atom. The quantitative estimate of drug-likeness (QED) is 0.676. The second-order valence-corrected chi connectivity index (χ2v) is 9.37. The summed E-state index contributed by atoms with van der Waals surface area (Å²) in [7, 11) is 0. The number of rotatable bonds is 5. The van der Waals surface area contributed by atoms with Crippen LogP contribution in [-0.2, 0) is 19.1 Å². The highest BCUT2D eigenvalue weighted by molar-refractivity contribution is 5.96. The van der Waals surface area contributed by atoms with Gasteiger partial charge < -0.3 is 15.0 Å². The predicted molar refractivity (Wildman–Crippen MR) is 104 cm³/mol. The zero-order valence-corrected chi connectivity index (χ0v) is 17.1. The number of likely N-dealkylation sites (tertiary alicyclic amines) is 1. The molecule has 160 valence electrons. The molecule has 8 nitrogen and oxygen atoms in total. The molecule has 8 heteroatoms. The van der Waals surface area contributed by atoms with E-state index in [4.69, 9.17) is 4.74 Å². The maximum atomic E-state index is 13.6. The number of hydrogen-bond acceptors (Lipinski definition) is 5. The van der Waals surface area contributed by atoms with Crippen molar-refractivity contribution in [2.24, 2.45) is 23.2 Å². The van der Waals surface area contributed by atoms with Gasteiger partial charge in [-0.05, 0) is 76.0 Å². The summed E-state index contributed by atoms with van der Waals surface area (Å²) in [5.41, 5.74) is -0.284. The van der Waals surface area contributed by atoms with E-state index in [1.807, 2.05) is 0 Å². The highest BCUT2D eigenvalue weighted by Crippen LogP contribution is 2.60. The van der Waals surface area contributed by atoms with Crippen molar-refractivity contribution >= 4 is 23.8 Å². The summed E-state index contributed by atoms with van der Waals surface area (Å²) in [5.74, 6) is 0.888. The van der Waals surface area contributed by atoms with E-state index < -0.39 is 30.6 Å². The van der Waals surface area contributed by atoms with Crippen molar-refractivity contribution in [2.45, 2.75) is 64.3 Å². The van der Waals surface area contributed by atoms with Crippen LogP contribution < -0.4 is 10.6 Å². The van der Waals surface area contributed by atoms with Crippen LogP contribution in [0.15, 0.2) is 0 Å². The average molecular weight is 405 g/mol. The van der Waals surface area contributed by atoms with E-state index in [9.17, 15) is 19.2 Å². The molecule has 4 aliphatic carbocycles. The summed E-state index contributed by atoms with van der Waals surface area (Å²) in [5, 5.41) is 4.54. The monoisotopic (exact) mass is 405 g/mol. The van der Waals surface area contributed by atoms with E-state index in [1.165, 1.54) is 19.3 Å². The molecule has 1 atom stereocenters. The van der Waals surface area contributed by atoms with Gasteiger partial charge >= 0.3 is 12.0 Å². The fourth-order valence-corrected chi connectivity index (χ4v) is 6.53. The molecule has 5 fully saturated rings. The molecule has 0 spiro atoms. The molecule has 29 heavy (non-hydrogen) atoms. The molecule has 4 saturated carbocycles. The second kappa shape index (κ2) is 7.95. The number of carbonyl (C=O) groups is 4. The Hall–Kier alpha value is -2.12. The minimum absolute atomic E-state index is 0.128. The molecule has 4 amide bonds. The van der Waals surface area contributed by atoms with Crippen LogP contribution in [0.4, 0.5) is 4.79 Å². The number of nitrogens with zero attached hydrogens (tertiary/aromatic N) is 1. The van der Waals surface area contributed by atoms with E-state index >= 15 is 0 Å². The lowest BCUT2D eigenvalue weighted by Crippen LogP contribution is -2.56. The predicted octanol–water partition coefficient (Wildman–Crippen LogP) is 1.58. The van der Waals surface area contributed by atoms with Crippen molar-refractivity contribution in [1.29, 1.82) is 0 Å². The Morgan fingerprint density at radius 3 is 2.24 bits per heavy atom. The lowest BCUT2D eigenvalue weighted by atomic mass is 9.49. The number of imide groups is 1. The standard InChI is InChI=1S/C21H31N3O5/c1-2-22-20(28)23-17(25)12-29-18(26)16-4-3-5-24(16)19(27)21-9-13-6-14(10-21)8-15(7-13)11-21/h13-16H,2-12H2,1H3,(H2,22,23,25,28)/t13?,14?,15?,16-,21?/m1/s1. The molecule has 2 N–H and O–H groups in total. The zero-order valence-electron chi connectivity index (χ0n) is 17.1. The number of nitrogens with one attached hydrogen (secondary N) is 2. The molecule has 1 saturated heterocycles. The summed E-state index contributed by atoms with van der Waals surface area (Å²) in [6.45, 7) is 2.18. The summed E-state index contributed by atoms with van der Waals surface area (Å²) in [6.07, 6.45) is 8.01. The van der Waals surface area contributed by atoms with Crippen LogP contribution in [0.3, 0.4) is 0 Å². The van der Waals surface area contributed by atoms with Gasteiger partial charge in [-0.25, -0.2) is 9.59 Å². The zero-order chi connectivity index (χ0) is 20.6. The van der Waals surface area contributed by atoms with Crippen molar-refractivity contribution in [1.82, 2.24) is 15.5 Å². The third-order valence-corrected chi connectivity index (χ3v) is 7.21. The van der Waals surface area contributed by atoms with Crippen LogP contribution in [0, 0.1) is 23.2 Å². The first kappa shape index (κ1) is 20.2. The van der Waals surface area contributed by atoms with Gasteiger partial charge in [-0.15, -0.1) is 0 Å². The minimum Gasteiger partial charge on any atom is -0.454 e. The SMILES string of the molecule is CCNC(=O)NC(=O)COC(=O)[C@H]1CCCN1C(=O)C12CC3CC(CC(C3)C1)C2. The van der Waals surface area contributed by atoms with Gasteiger partial charge in [0, 0.05) is 13.1 Å². The molecule has 1 aliphatic heterocycles. The van der Waals surface area contributed by atoms with Gasteiger partial charge in [0.25, 0.3) is 5.91 Å². The van der Waals surface area contributed by atoms with Gasteiger partial charge in [-0.2, -0.15) is 0 Å². The van der Waals surface area contributed by atoms with Crippen LogP contribution in [0.25, 0.3) is 0 Å². The Kier molecular flexibility index (Phi) is 5.53. The number of urea groups is 1. The first-order valence-electron chi connectivity index (χ1n) is 11.0. The molecular weight excluding hydrogens is 374 g/mol. The van der Waals surface area contributed by atoms with E-state index in [0.29, 0.717) is 37.3 Å². The topological polar surface area (TPSA) is 105 Å². The number of esters is 1. The summed E-state index contributed by atoms with van der Waals surface area (Å²) < 4.78 is 5.14. The second-order valence-electron chi connectivity index (χ2n) is 9.37. The van der Waals surface area contributed by atoms with E-state index in [-0.39, 0.29) is 11.3 Å². The third-order valence-electron chi connectivity index (χ3n) is 7.21. The van der Waals surface area contributed by atoms with Gasteiger partial charge in [0.15, 0.2) is 6.61 Å². The molecule has 0 unspecified atom stereocenters. The van der Waals surface area contributed by atoms with Gasteiger partial charge in [0.05, 0.1) is 5.41 Å². The van der Waals surface area contributed by atoms with Crippen molar-refractivity contribution in [3.63, 3.8) is 0 Å². The Morgan fingerprint density at radius 2 is 1.66 bits per heavy atom. The summed E-state index contributed by atoms with van der Waals surface area (Å²) in [6, 6.07) is -1.24. The molecular formula is C21H31N3O5. The smallest absolute Gasteiger partial charge is 0.329 e. The molecule has 5 aliphatic rings. The van der Waals surface area contributed by atoms with Crippen LogP contribution in [-0.4, -0.2) is 54.5 Å². The van der Waals surface area contributed by atoms with Crippen molar-refractivity contribution < 1.29 is 23.9 Å². The molecule has 1 heterocycles.